The molecule has 0 aliphatic carbocycles. The van der Waals surface area contributed by atoms with Crippen molar-refractivity contribution in [1.82, 2.24) is 0 Å². The molecule has 1 aromatic rings. The Hall–Kier alpha value is -0.870. The van der Waals surface area contributed by atoms with Gasteiger partial charge in [0.2, 0.25) is 0 Å². The van der Waals surface area contributed by atoms with Crippen LogP contribution in [0.15, 0.2) is 18.2 Å². The van der Waals surface area contributed by atoms with Gasteiger partial charge in [-0.05, 0) is 49.7 Å². The molecule has 1 aliphatic heterocycles. The monoisotopic (exact) mass is 282 g/mol. The highest BCUT2D eigenvalue weighted by Crippen LogP contribution is 2.29. The molecule has 4 heteroatoms. The second-order valence-corrected chi connectivity index (χ2v) is 7.97. The molecular formula is C15H22O3S. The van der Waals surface area contributed by atoms with Crippen LogP contribution in [0, 0.1) is 25.7 Å². The first-order valence-corrected chi connectivity index (χ1v) is 8.61. The molecule has 1 aromatic carbocycles. The summed E-state index contributed by atoms with van der Waals surface area (Å²) in [6.45, 7) is 4.18. The van der Waals surface area contributed by atoms with Crippen LogP contribution in [-0.4, -0.2) is 31.6 Å². The van der Waals surface area contributed by atoms with Crippen LogP contribution in [0.3, 0.4) is 0 Å². The van der Waals surface area contributed by atoms with E-state index in [-0.39, 0.29) is 29.9 Å². The minimum Gasteiger partial charge on any atom is -0.396 e. The van der Waals surface area contributed by atoms with Gasteiger partial charge in [-0.3, -0.25) is 0 Å². The minimum absolute atomic E-state index is 0.0535. The average Bonchev–Trinajstić information content (AvgIpc) is 2.70. The van der Waals surface area contributed by atoms with E-state index in [1.54, 1.807) is 0 Å². The lowest BCUT2D eigenvalue weighted by atomic mass is 9.85. The third-order valence-corrected chi connectivity index (χ3v) is 5.95. The highest BCUT2D eigenvalue weighted by molar-refractivity contribution is 7.91. The molecule has 1 saturated heterocycles. The molecule has 0 aromatic heterocycles. The third-order valence-electron chi connectivity index (χ3n) is 4.16. The van der Waals surface area contributed by atoms with Crippen LogP contribution in [0.25, 0.3) is 0 Å². The summed E-state index contributed by atoms with van der Waals surface area (Å²) in [5.74, 6) is 0.678. The van der Waals surface area contributed by atoms with E-state index < -0.39 is 9.84 Å². The fourth-order valence-electron chi connectivity index (χ4n) is 2.88. The number of aryl methyl sites for hydroxylation is 2. The van der Waals surface area contributed by atoms with Crippen molar-refractivity contribution in [3.05, 3.63) is 34.9 Å². The van der Waals surface area contributed by atoms with Crippen molar-refractivity contribution in [2.24, 2.45) is 11.8 Å². The Kier molecular flexibility index (Phi) is 4.31. The standard InChI is InChI=1S/C15H22O3S/c1-11-3-4-12(2)14(7-11)8-15(9-16)13-5-6-19(17,18)10-13/h3-4,7,13,15-16H,5-6,8-10H2,1-2H3. The first-order chi connectivity index (χ1) is 8.91. The zero-order chi connectivity index (χ0) is 14.0. The number of sulfone groups is 1. The maximum atomic E-state index is 11.6. The van der Waals surface area contributed by atoms with Crippen LogP contribution < -0.4 is 0 Å². The third kappa shape index (κ3) is 3.57. The number of benzene rings is 1. The summed E-state index contributed by atoms with van der Waals surface area (Å²) in [6, 6.07) is 6.30. The molecule has 2 rings (SSSR count). The molecule has 0 saturated carbocycles. The maximum absolute atomic E-state index is 11.6. The first kappa shape index (κ1) is 14.5. The van der Waals surface area contributed by atoms with E-state index in [1.165, 1.54) is 16.7 Å². The van der Waals surface area contributed by atoms with Gasteiger partial charge in [-0.1, -0.05) is 23.8 Å². The molecule has 1 fully saturated rings. The van der Waals surface area contributed by atoms with Crippen LogP contribution in [0.1, 0.15) is 23.1 Å². The minimum atomic E-state index is -2.87. The van der Waals surface area contributed by atoms with E-state index in [0.29, 0.717) is 6.42 Å². The van der Waals surface area contributed by atoms with Gasteiger partial charge >= 0.3 is 0 Å². The van der Waals surface area contributed by atoms with Crippen molar-refractivity contribution in [3.63, 3.8) is 0 Å². The molecule has 2 unspecified atom stereocenters. The molecule has 0 spiro atoms. The van der Waals surface area contributed by atoms with Gasteiger partial charge in [-0.25, -0.2) is 8.42 Å². The summed E-state index contributed by atoms with van der Waals surface area (Å²) in [7, 11) is -2.87. The second kappa shape index (κ2) is 5.63. The quantitative estimate of drug-likeness (QED) is 0.917. The lowest BCUT2D eigenvalue weighted by molar-refractivity contribution is 0.184. The molecule has 2 atom stereocenters. The van der Waals surface area contributed by atoms with E-state index in [1.807, 2.05) is 0 Å². The van der Waals surface area contributed by atoms with Crippen molar-refractivity contribution in [2.45, 2.75) is 26.7 Å². The van der Waals surface area contributed by atoms with E-state index in [4.69, 9.17) is 0 Å². The zero-order valence-electron chi connectivity index (χ0n) is 11.6. The van der Waals surface area contributed by atoms with Crippen LogP contribution in [0.4, 0.5) is 0 Å². The molecule has 1 aliphatic rings. The van der Waals surface area contributed by atoms with Gasteiger partial charge in [-0.2, -0.15) is 0 Å². The van der Waals surface area contributed by atoms with Crippen molar-refractivity contribution in [3.8, 4) is 0 Å². The molecule has 1 heterocycles. The number of aliphatic hydroxyl groups excluding tert-OH is 1. The largest absolute Gasteiger partial charge is 0.396 e. The molecule has 1 N–H and O–H groups in total. The van der Waals surface area contributed by atoms with Gasteiger partial charge in [0.25, 0.3) is 0 Å². The summed E-state index contributed by atoms with van der Waals surface area (Å²) in [4.78, 5) is 0. The molecule has 0 radical (unpaired) electrons. The van der Waals surface area contributed by atoms with Crippen LogP contribution in [0.2, 0.25) is 0 Å². The summed E-state index contributed by atoms with van der Waals surface area (Å²) in [5.41, 5.74) is 3.64. The summed E-state index contributed by atoms with van der Waals surface area (Å²) >= 11 is 0. The van der Waals surface area contributed by atoms with Crippen molar-refractivity contribution < 1.29 is 13.5 Å². The van der Waals surface area contributed by atoms with Crippen molar-refractivity contribution in [2.75, 3.05) is 18.1 Å². The second-order valence-electron chi connectivity index (χ2n) is 5.74. The van der Waals surface area contributed by atoms with Gasteiger partial charge in [0, 0.05) is 6.61 Å². The fourth-order valence-corrected chi connectivity index (χ4v) is 4.80. The lowest BCUT2D eigenvalue weighted by Crippen LogP contribution is -2.22. The number of rotatable bonds is 4. The topological polar surface area (TPSA) is 54.4 Å². The Balaban J connectivity index is 2.13. The fraction of sp³-hybridized carbons (Fsp3) is 0.600. The summed E-state index contributed by atoms with van der Waals surface area (Å²) in [6.07, 6.45) is 1.46. The van der Waals surface area contributed by atoms with E-state index >= 15 is 0 Å². The Bertz CT molecular complexity index is 549. The molecule has 106 valence electrons. The van der Waals surface area contributed by atoms with E-state index in [0.717, 1.165) is 6.42 Å². The summed E-state index contributed by atoms with van der Waals surface area (Å²) in [5, 5.41) is 9.58. The van der Waals surface area contributed by atoms with Gasteiger partial charge in [0.15, 0.2) is 9.84 Å². The van der Waals surface area contributed by atoms with Crippen molar-refractivity contribution in [1.29, 1.82) is 0 Å². The molecule has 3 nitrogen and oxygen atoms in total. The molecular weight excluding hydrogens is 260 g/mol. The Labute approximate surface area is 115 Å². The Morgan fingerprint density at radius 2 is 2.11 bits per heavy atom. The number of hydrogen-bond donors (Lipinski definition) is 1. The van der Waals surface area contributed by atoms with Gasteiger partial charge in [0.1, 0.15) is 0 Å². The summed E-state index contributed by atoms with van der Waals surface area (Å²) < 4.78 is 23.1. The van der Waals surface area contributed by atoms with Gasteiger partial charge in [-0.15, -0.1) is 0 Å². The highest BCUT2D eigenvalue weighted by Gasteiger charge is 2.33. The van der Waals surface area contributed by atoms with E-state index in [2.05, 4.69) is 32.0 Å². The van der Waals surface area contributed by atoms with Crippen LogP contribution in [0.5, 0.6) is 0 Å². The normalized spacial score (nSPS) is 23.4. The smallest absolute Gasteiger partial charge is 0.150 e. The maximum Gasteiger partial charge on any atom is 0.150 e. The van der Waals surface area contributed by atoms with Crippen molar-refractivity contribution >= 4 is 9.84 Å². The predicted molar refractivity (Wildman–Crippen MR) is 77.0 cm³/mol. The Morgan fingerprint density at radius 1 is 1.37 bits per heavy atom. The highest BCUT2D eigenvalue weighted by atomic mass is 32.2. The van der Waals surface area contributed by atoms with Crippen LogP contribution in [-0.2, 0) is 16.3 Å². The number of aliphatic hydroxyl groups is 1. The zero-order valence-corrected chi connectivity index (χ0v) is 12.4. The van der Waals surface area contributed by atoms with Gasteiger partial charge in [0.05, 0.1) is 11.5 Å². The molecule has 0 bridgehead atoms. The predicted octanol–water partition coefficient (Wildman–Crippen LogP) is 1.89. The first-order valence-electron chi connectivity index (χ1n) is 6.78. The van der Waals surface area contributed by atoms with Gasteiger partial charge < -0.3 is 5.11 Å². The lowest BCUT2D eigenvalue weighted by Gasteiger charge is -2.21. The number of hydrogen-bond acceptors (Lipinski definition) is 3. The van der Waals surface area contributed by atoms with Crippen LogP contribution >= 0.6 is 0 Å². The molecule has 19 heavy (non-hydrogen) atoms. The SMILES string of the molecule is Cc1ccc(C)c(CC(CO)C2CCS(=O)(=O)C2)c1. The van der Waals surface area contributed by atoms with E-state index in [9.17, 15) is 13.5 Å². The molecule has 0 amide bonds. The average molecular weight is 282 g/mol. The Morgan fingerprint density at radius 3 is 2.68 bits per heavy atom.